The van der Waals surface area contributed by atoms with Gasteiger partial charge in [0.25, 0.3) is 5.91 Å². The molecule has 2 atom stereocenters. The Labute approximate surface area is 209 Å². The molecule has 0 aromatic heterocycles. The van der Waals surface area contributed by atoms with Crippen LogP contribution in [-0.2, 0) is 19.2 Å². The van der Waals surface area contributed by atoms with Crippen LogP contribution in [0.25, 0.3) is 0 Å². The predicted molar refractivity (Wildman–Crippen MR) is 138 cm³/mol. The van der Waals surface area contributed by atoms with Gasteiger partial charge in [-0.05, 0) is 6.07 Å². The number of aliphatic imine (C=N–C) groups is 1. The van der Waals surface area contributed by atoms with Crippen LogP contribution in [-0.4, -0.2) is 59.4 Å². The molecule has 1 heterocycles. The minimum atomic E-state index is -1.22. The first-order valence-corrected chi connectivity index (χ1v) is 12.3. The van der Waals surface area contributed by atoms with Gasteiger partial charge in [-0.2, -0.15) is 0 Å². The van der Waals surface area contributed by atoms with Crippen LogP contribution < -0.4 is 14.9 Å². The molecule has 0 saturated carbocycles. The van der Waals surface area contributed by atoms with Gasteiger partial charge in [0.1, 0.15) is 12.8 Å². The maximum Gasteiger partial charge on any atom is 0.305 e. The maximum atomic E-state index is 13.5. The summed E-state index contributed by atoms with van der Waals surface area (Å²) >= 11 is 1.33. The predicted octanol–water partition coefficient (Wildman–Crippen LogP) is 2.64. The number of nitrogens with one attached hydrogen (secondary N) is 2. The Kier molecular flexibility index (Phi) is 11.1. The number of benzene rings is 2. The number of nitrogens with zero attached hydrogens (tertiary/aromatic N) is 2. The second-order valence-corrected chi connectivity index (χ2v) is 8.25. The summed E-state index contributed by atoms with van der Waals surface area (Å²) in [7, 11) is 0. The summed E-state index contributed by atoms with van der Waals surface area (Å²) in [4.78, 5) is 54.2. The minimum Gasteiger partial charge on any atom is -0.481 e. The summed E-state index contributed by atoms with van der Waals surface area (Å²) in [6.45, 7) is 5.54. The van der Waals surface area contributed by atoms with Crippen LogP contribution in [0.2, 0.25) is 0 Å². The Morgan fingerprint density at radius 2 is 1.80 bits per heavy atom. The van der Waals surface area contributed by atoms with Gasteiger partial charge in [0.2, 0.25) is 5.91 Å². The highest BCUT2D eigenvalue weighted by atomic mass is 32.2. The maximum absolute atomic E-state index is 13.5. The number of carboxylic acid groups (broad SMARTS) is 1. The first kappa shape index (κ1) is 27.7. The topological polar surface area (TPSA) is 128 Å². The third-order valence-corrected chi connectivity index (χ3v) is 5.48. The number of aldehydes is 1. The number of carbonyl (C=O) groups excluding carboxylic acids is 3. The highest BCUT2D eigenvalue weighted by Crippen LogP contribution is 2.28. The average molecular weight is 499 g/mol. The Morgan fingerprint density at radius 3 is 2.43 bits per heavy atom. The van der Waals surface area contributed by atoms with Crippen LogP contribution in [0.4, 0.5) is 5.69 Å². The van der Waals surface area contributed by atoms with Crippen LogP contribution in [0.1, 0.15) is 38.3 Å². The Morgan fingerprint density at radius 1 is 1.14 bits per heavy atom. The van der Waals surface area contributed by atoms with Crippen molar-refractivity contribution in [3.05, 3.63) is 65.7 Å². The van der Waals surface area contributed by atoms with E-state index in [9.17, 15) is 19.2 Å². The largest absolute Gasteiger partial charge is 0.481 e. The summed E-state index contributed by atoms with van der Waals surface area (Å²) in [6.07, 6.45) is -1.13. The normalized spacial score (nSPS) is 15.5. The number of hydrogen-bond acceptors (Lipinski definition) is 7. The molecule has 0 spiro atoms. The lowest BCUT2D eigenvalue weighted by molar-refractivity contribution is -0.138. The van der Waals surface area contributed by atoms with E-state index in [4.69, 9.17) is 10.1 Å². The van der Waals surface area contributed by atoms with Gasteiger partial charge in [0, 0.05) is 16.9 Å². The van der Waals surface area contributed by atoms with Crippen molar-refractivity contribution in [2.24, 2.45) is 4.99 Å². The van der Waals surface area contributed by atoms with Crippen molar-refractivity contribution in [2.75, 3.05) is 17.2 Å². The van der Waals surface area contributed by atoms with E-state index in [1.54, 1.807) is 12.1 Å². The number of benzodiazepines with no additional fused rings is 1. The van der Waals surface area contributed by atoms with Crippen molar-refractivity contribution in [3.8, 4) is 0 Å². The van der Waals surface area contributed by atoms with Crippen LogP contribution in [0.5, 0.6) is 0 Å². The zero-order chi connectivity index (χ0) is 25.8. The number of amides is 2. The number of aliphatic carboxylic acids is 1. The van der Waals surface area contributed by atoms with Gasteiger partial charge in [-0.1, -0.05) is 81.3 Å². The summed E-state index contributed by atoms with van der Waals surface area (Å²) in [5, 5.41) is 11.3. The molecule has 35 heavy (non-hydrogen) atoms. The van der Waals surface area contributed by atoms with Crippen molar-refractivity contribution in [3.63, 3.8) is 0 Å². The van der Waals surface area contributed by atoms with E-state index in [2.05, 4.69) is 10.0 Å². The molecule has 3 N–H and O–H groups in total. The van der Waals surface area contributed by atoms with Gasteiger partial charge in [-0.25, -0.2) is 4.72 Å². The fourth-order valence-corrected chi connectivity index (χ4v) is 3.85. The van der Waals surface area contributed by atoms with Crippen LogP contribution in [0.15, 0.2) is 59.6 Å². The molecule has 0 radical (unpaired) electrons. The summed E-state index contributed by atoms with van der Waals surface area (Å²) in [5.74, 6) is -1.61. The van der Waals surface area contributed by atoms with E-state index >= 15 is 0 Å². The molecule has 0 fully saturated rings. The molecule has 10 heteroatoms. The molecule has 0 aliphatic carbocycles. The molecule has 2 aromatic carbocycles. The number of carbonyl (C=O) groups is 4. The molecule has 9 nitrogen and oxygen atoms in total. The van der Waals surface area contributed by atoms with Gasteiger partial charge >= 0.3 is 5.97 Å². The molecule has 0 saturated heterocycles. The van der Waals surface area contributed by atoms with Crippen molar-refractivity contribution in [1.82, 2.24) is 10.0 Å². The van der Waals surface area contributed by atoms with Crippen molar-refractivity contribution < 1.29 is 24.3 Å². The van der Waals surface area contributed by atoms with Gasteiger partial charge in [-0.3, -0.25) is 24.3 Å². The summed E-state index contributed by atoms with van der Waals surface area (Å²) in [6, 6.07) is 15.4. The van der Waals surface area contributed by atoms with Crippen molar-refractivity contribution in [1.29, 1.82) is 0 Å². The minimum absolute atomic E-state index is 0.364. The Hall–Kier alpha value is -3.50. The lowest BCUT2D eigenvalue weighted by Crippen LogP contribution is -2.49. The second kappa shape index (κ2) is 14.0. The molecule has 3 rings (SSSR count). The standard InChI is InChI=1S/C23H24N4O5S.C2H6/c1-2-33-26-22-23(32)27(13-19(29)24-16(14-28)12-20(30)31)18-11-7-6-10-17(18)21(25-22)15-8-4-3-5-9-15;1-2/h3-11,14,16,22,26H,2,12-13H2,1H3,(H,24,29)(H,30,31);1-2H3. The second-order valence-electron chi connectivity index (χ2n) is 7.15. The number of rotatable bonds is 10. The SMILES string of the molecule is CC.CCSNC1N=C(c2ccccc2)c2ccccc2N(CC(=O)NC(C=O)CC(=O)O)C1=O. The quantitative estimate of drug-likeness (QED) is 0.339. The van der Waals surface area contributed by atoms with E-state index in [0.29, 0.717) is 29.0 Å². The summed E-state index contributed by atoms with van der Waals surface area (Å²) < 4.78 is 3.05. The Bertz CT molecular complexity index is 1060. The van der Waals surface area contributed by atoms with Crippen LogP contribution >= 0.6 is 11.9 Å². The smallest absolute Gasteiger partial charge is 0.305 e. The van der Waals surface area contributed by atoms with Crippen molar-refractivity contribution >= 4 is 47.4 Å². The number of anilines is 1. The van der Waals surface area contributed by atoms with E-state index in [1.165, 1.54) is 16.8 Å². The molecular formula is C25H30N4O5S. The van der Waals surface area contributed by atoms with Gasteiger partial charge in [-0.15, -0.1) is 0 Å². The zero-order valence-electron chi connectivity index (χ0n) is 19.9. The molecule has 0 bridgehead atoms. The lowest BCUT2D eigenvalue weighted by Gasteiger charge is -2.25. The number of para-hydroxylation sites is 1. The summed E-state index contributed by atoms with van der Waals surface area (Å²) in [5.41, 5.74) is 2.59. The third-order valence-electron chi connectivity index (χ3n) is 4.80. The fourth-order valence-electron chi connectivity index (χ4n) is 3.37. The fraction of sp³-hybridized carbons (Fsp3) is 0.320. The average Bonchev–Trinajstić information content (AvgIpc) is 2.99. The van der Waals surface area contributed by atoms with Crippen molar-refractivity contribution in [2.45, 2.75) is 39.4 Å². The van der Waals surface area contributed by atoms with Crippen LogP contribution in [0.3, 0.4) is 0 Å². The third kappa shape index (κ3) is 7.49. The van der Waals surface area contributed by atoms with E-state index < -0.39 is 43.0 Å². The molecular weight excluding hydrogens is 468 g/mol. The molecule has 1 aliphatic rings. The highest BCUT2D eigenvalue weighted by Gasteiger charge is 2.33. The number of fused-ring (bicyclic) bond motifs is 1. The molecule has 2 unspecified atom stereocenters. The van der Waals surface area contributed by atoms with E-state index in [1.807, 2.05) is 63.2 Å². The first-order chi connectivity index (χ1) is 16.9. The van der Waals surface area contributed by atoms with E-state index in [0.717, 1.165) is 5.56 Å². The first-order valence-electron chi connectivity index (χ1n) is 11.3. The zero-order valence-corrected chi connectivity index (χ0v) is 20.7. The molecule has 2 amide bonds. The monoisotopic (exact) mass is 498 g/mol. The molecule has 186 valence electrons. The van der Waals surface area contributed by atoms with Gasteiger partial charge in [0.15, 0.2) is 6.17 Å². The number of hydrogen-bond donors (Lipinski definition) is 3. The number of carboxylic acids is 1. The lowest BCUT2D eigenvalue weighted by atomic mass is 10.0. The molecule has 1 aliphatic heterocycles. The van der Waals surface area contributed by atoms with Gasteiger partial charge in [0.05, 0.1) is 23.9 Å². The highest BCUT2D eigenvalue weighted by molar-refractivity contribution is 7.97. The molecule has 2 aromatic rings. The van der Waals surface area contributed by atoms with Gasteiger partial charge < -0.3 is 15.2 Å². The van der Waals surface area contributed by atoms with Crippen LogP contribution in [0, 0.1) is 0 Å². The van der Waals surface area contributed by atoms with E-state index in [-0.39, 0.29) is 0 Å². The Balaban J connectivity index is 0.00000210.